The average molecular weight is 497 g/mol. The first-order valence-electron chi connectivity index (χ1n) is 12.2. The fourth-order valence-corrected chi connectivity index (χ4v) is 4.40. The maximum atomic E-state index is 13.3. The number of amides is 1. The third kappa shape index (κ3) is 5.65. The van der Waals surface area contributed by atoms with Gasteiger partial charge in [0.25, 0.3) is 11.7 Å². The molecule has 3 rings (SSSR count). The van der Waals surface area contributed by atoms with Crippen LogP contribution in [0.3, 0.4) is 0 Å². The molecule has 0 radical (unpaired) electrons. The van der Waals surface area contributed by atoms with Crippen molar-refractivity contribution >= 4 is 17.4 Å². The molecule has 2 aromatic rings. The van der Waals surface area contributed by atoms with Gasteiger partial charge in [-0.15, -0.1) is 0 Å². The van der Waals surface area contributed by atoms with Crippen molar-refractivity contribution in [1.29, 1.82) is 0 Å². The van der Waals surface area contributed by atoms with Gasteiger partial charge in [-0.2, -0.15) is 0 Å². The van der Waals surface area contributed by atoms with Crippen LogP contribution in [0.2, 0.25) is 0 Å². The van der Waals surface area contributed by atoms with Crippen LogP contribution >= 0.6 is 0 Å². The normalized spacial score (nSPS) is 17.2. The van der Waals surface area contributed by atoms with Gasteiger partial charge in [0.15, 0.2) is 0 Å². The Labute approximate surface area is 213 Å². The fraction of sp³-hybridized carbons (Fsp3) is 0.429. The quantitative estimate of drug-likeness (QED) is 0.283. The molecule has 1 saturated heterocycles. The van der Waals surface area contributed by atoms with E-state index in [2.05, 4.69) is 4.90 Å². The molecule has 0 aromatic heterocycles. The smallest absolute Gasteiger partial charge is 0.295 e. The molecule has 1 unspecified atom stereocenters. The van der Waals surface area contributed by atoms with Gasteiger partial charge in [0.05, 0.1) is 31.9 Å². The van der Waals surface area contributed by atoms with Crippen molar-refractivity contribution in [2.45, 2.75) is 39.8 Å². The van der Waals surface area contributed by atoms with Crippen LogP contribution in [0.1, 0.15) is 44.9 Å². The van der Waals surface area contributed by atoms with E-state index in [1.165, 1.54) is 12.0 Å². The predicted octanol–water partition coefficient (Wildman–Crippen LogP) is 4.25. The Morgan fingerprint density at radius 1 is 1.00 bits per heavy atom. The van der Waals surface area contributed by atoms with Gasteiger partial charge in [0, 0.05) is 24.2 Å². The lowest BCUT2D eigenvalue weighted by Gasteiger charge is -2.29. The van der Waals surface area contributed by atoms with E-state index in [0.29, 0.717) is 41.5 Å². The summed E-state index contributed by atoms with van der Waals surface area (Å²) in [5.41, 5.74) is 1.00. The molecular formula is C28H36N2O6. The van der Waals surface area contributed by atoms with Crippen LogP contribution < -0.4 is 14.2 Å². The first-order chi connectivity index (χ1) is 17.2. The summed E-state index contributed by atoms with van der Waals surface area (Å²) in [4.78, 5) is 30.3. The van der Waals surface area contributed by atoms with Crippen LogP contribution in [-0.4, -0.2) is 73.1 Å². The molecule has 2 aromatic carbocycles. The van der Waals surface area contributed by atoms with Gasteiger partial charge < -0.3 is 29.1 Å². The van der Waals surface area contributed by atoms with Crippen molar-refractivity contribution in [2.24, 2.45) is 0 Å². The summed E-state index contributed by atoms with van der Waals surface area (Å²) in [6.07, 6.45) is 0.00102. The Kier molecular flexibility index (Phi) is 8.98. The second-order valence-corrected chi connectivity index (χ2v) is 8.82. The molecule has 0 bridgehead atoms. The van der Waals surface area contributed by atoms with Gasteiger partial charge >= 0.3 is 0 Å². The lowest BCUT2D eigenvalue weighted by atomic mass is 9.94. The molecule has 1 N–H and O–H groups in total. The average Bonchev–Trinajstić information content (AvgIpc) is 3.13. The minimum Gasteiger partial charge on any atom is -0.507 e. The number of carbonyl (C=O) groups is 2. The van der Waals surface area contributed by atoms with Crippen molar-refractivity contribution in [3.63, 3.8) is 0 Å². The number of ether oxygens (including phenoxy) is 3. The number of aliphatic hydroxyl groups is 1. The SMILES string of the molecule is CCN(CC)CCN1C(=O)C(=O)/C(=C(\O)c2ccc(OC(C)C)cc2)C1c1cc(OC)ccc1OC. The third-order valence-corrected chi connectivity index (χ3v) is 6.32. The summed E-state index contributed by atoms with van der Waals surface area (Å²) in [6, 6.07) is 11.2. The van der Waals surface area contributed by atoms with E-state index in [1.807, 2.05) is 27.7 Å². The van der Waals surface area contributed by atoms with Crippen LogP contribution in [0.25, 0.3) is 5.76 Å². The van der Waals surface area contributed by atoms with Crippen molar-refractivity contribution in [1.82, 2.24) is 9.80 Å². The molecule has 1 aliphatic heterocycles. The van der Waals surface area contributed by atoms with Gasteiger partial charge in [0.1, 0.15) is 23.0 Å². The first-order valence-corrected chi connectivity index (χ1v) is 12.2. The van der Waals surface area contributed by atoms with Crippen LogP contribution in [0.15, 0.2) is 48.0 Å². The third-order valence-electron chi connectivity index (χ3n) is 6.32. The Hall–Kier alpha value is -3.52. The minimum absolute atomic E-state index is 0.00102. The van der Waals surface area contributed by atoms with Crippen LogP contribution in [0.5, 0.6) is 17.2 Å². The number of Topliss-reactive ketones (excluding diaryl/α,β-unsaturated/α-hetero) is 1. The number of rotatable bonds is 11. The summed E-state index contributed by atoms with van der Waals surface area (Å²) >= 11 is 0. The summed E-state index contributed by atoms with van der Waals surface area (Å²) < 4.78 is 16.7. The number of nitrogens with zero attached hydrogens (tertiary/aromatic N) is 2. The maximum Gasteiger partial charge on any atom is 0.295 e. The second kappa shape index (κ2) is 11.9. The standard InChI is InChI=1S/C28H36N2O6/c1-7-29(8-2)15-16-30-25(22-17-21(34-5)13-14-23(22)35-6)24(27(32)28(30)33)26(31)19-9-11-20(12-10-19)36-18(3)4/h9-14,17-18,25,31H,7-8,15-16H2,1-6H3/b26-24-. The molecular weight excluding hydrogens is 460 g/mol. The largest absolute Gasteiger partial charge is 0.507 e. The van der Waals surface area contributed by atoms with Gasteiger partial charge in [-0.25, -0.2) is 0 Å². The lowest BCUT2D eigenvalue weighted by molar-refractivity contribution is -0.140. The maximum absolute atomic E-state index is 13.3. The van der Waals surface area contributed by atoms with Crippen molar-refractivity contribution < 1.29 is 28.9 Å². The highest BCUT2D eigenvalue weighted by molar-refractivity contribution is 6.46. The summed E-state index contributed by atoms with van der Waals surface area (Å²) in [5.74, 6) is 0.0529. The molecule has 8 nitrogen and oxygen atoms in total. The number of hydrogen-bond acceptors (Lipinski definition) is 7. The minimum atomic E-state index is -0.836. The molecule has 0 saturated carbocycles. The predicted molar refractivity (Wildman–Crippen MR) is 139 cm³/mol. The number of likely N-dealkylation sites (N-methyl/N-ethyl adjacent to an activating group) is 1. The van der Waals surface area contributed by atoms with Crippen molar-refractivity contribution in [3.8, 4) is 17.2 Å². The van der Waals surface area contributed by atoms with Gasteiger partial charge in [-0.1, -0.05) is 13.8 Å². The number of methoxy groups -OCH3 is 2. The molecule has 1 atom stereocenters. The van der Waals surface area contributed by atoms with E-state index in [4.69, 9.17) is 14.2 Å². The highest BCUT2D eigenvalue weighted by atomic mass is 16.5. The zero-order valence-corrected chi connectivity index (χ0v) is 21.9. The zero-order chi connectivity index (χ0) is 26.4. The summed E-state index contributed by atoms with van der Waals surface area (Å²) in [7, 11) is 3.07. The molecule has 0 aliphatic carbocycles. The van der Waals surface area contributed by atoms with Crippen molar-refractivity contribution in [3.05, 3.63) is 59.2 Å². The Morgan fingerprint density at radius 3 is 2.19 bits per heavy atom. The molecule has 194 valence electrons. The van der Waals surface area contributed by atoms with E-state index in [9.17, 15) is 14.7 Å². The van der Waals surface area contributed by atoms with Gasteiger partial charge in [-0.3, -0.25) is 9.59 Å². The molecule has 1 amide bonds. The second-order valence-electron chi connectivity index (χ2n) is 8.82. The number of benzene rings is 2. The van der Waals surface area contributed by atoms with Crippen molar-refractivity contribution in [2.75, 3.05) is 40.4 Å². The molecule has 36 heavy (non-hydrogen) atoms. The molecule has 0 spiro atoms. The summed E-state index contributed by atoms with van der Waals surface area (Å²) in [5, 5.41) is 11.3. The van der Waals surface area contributed by atoms with Gasteiger partial charge in [0.2, 0.25) is 0 Å². The highest BCUT2D eigenvalue weighted by Crippen LogP contribution is 2.43. The topological polar surface area (TPSA) is 88.5 Å². The monoisotopic (exact) mass is 496 g/mol. The van der Waals surface area contributed by atoms with Crippen LogP contribution in [0.4, 0.5) is 0 Å². The van der Waals surface area contributed by atoms with Gasteiger partial charge in [-0.05, 0) is 69.4 Å². The summed E-state index contributed by atoms with van der Waals surface area (Å²) in [6.45, 7) is 10.5. The number of aliphatic hydroxyl groups excluding tert-OH is 1. The van der Waals surface area contributed by atoms with Crippen LogP contribution in [0, 0.1) is 0 Å². The number of ketones is 1. The zero-order valence-electron chi connectivity index (χ0n) is 21.9. The Bertz CT molecular complexity index is 1110. The molecule has 1 heterocycles. The Morgan fingerprint density at radius 2 is 1.64 bits per heavy atom. The van der Waals surface area contributed by atoms with E-state index in [0.717, 1.165) is 13.1 Å². The van der Waals surface area contributed by atoms with Crippen LogP contribution in [-0.2, 0) is 9.59 Å². The van der Waals surface area contributed by atoms with E-state index in [-0.39, 0.29) is 17.4 Å². The Balaban J connectivity index is 2.15. The number of likely N-dealkylation sites (tertiary alicyclic amines) is 1. The number of carbonyl (C=O) groups excluding carboxylic acids is 2. The molecule has 8 heteroatoms. The fourth-order valence-electron chi connectivity index (χ4n) is 4.40. The lowest BCUT2D eigenvalue weighted by Crippen LogP contribution is -2.38. The van der Waals surface area contributed by atoms with E-state index >= 15 is 0 Å². The highest BCUT2D eigenvalue weighted by Gasteiger charge is 2.47. The van der Waals surface area contributed by atoms with E-state index < -0.39 is 17.7 Å². The number of hydrogen-bond donors (Lipinski definition) is 1. The molecule has 1 aliphatic rings. The van der Waals surface area contributed by atoms with E-state index in [1.54, 1.807) is 49.6 Å². The first kappa shape index (κ1) is 27.1. The molecule has 1 fully saturated rings.